The van der Waals surface area contributed by atoms with E-state index in [1.807, 2.05) is 41.3 Å². The highest BCUT2D eigenvalue weighted by atomic mass is 35.5. The molecule has 0 atom stereocenters. The fourth-order valence-electron chi connectivity index (χ4n) is 3.44. The molecule has 0 aliphatic carbocycles. The van der Waals surface area contributed by atoms with Crippen molar-refractivity contribution in [2.45, 2.75) is 6.92 Å². The number of piperazine rings is 1. The Labute approximate surface area is 169 Å². The summed E-state index contributed by atoms with van der Waals surface area (Å²) < 4.78 is 0. The second-order valence-corrected chi connectivity index (χ2v) is 7.26. The Morgan fingerprint density at radius 2 is 1.61 bits per heavy atom. The first-order valence-electron chi connectivity index (χ1n) is 9.32. The number of rotatable bonds is 3. The second-order valence-electron chi connectivity index (χ2n) is 6.85. The third kappa shape index (κ3) is 3.71. The molecule has 1 saturated heterocycles. The molecule has 4 rings (SSSR count). The minimum Gasteiger partial charge on any atom is -0.352 e. The number of hydrogen-bond acceptors (Lipinski definition) is 4. The fourth-order valence-corrected chi connectivity index (χ4v) is 3.66. The van der Waals surface area contributed by atoms with Crippen LogP contribution in [0.3, 0.4) is 0 Å². The van der Waals surface area contributed by atoms with Crippen LogP contribution < -0.4 is 4.90 Å². The van der Waals surface area contributed by atoms with Crippen LogP contribution in [0.1, 0.15) is 15.9 Å². The normalized spacial score (nSPS) is 14.2. The van der Waals surface area contributed by atoms with Crippen molar-refractivity contribution in [2.75, 3.05) is 31.1 Å². The lowest BCUT2D eigenvalue weighted by Crippen LogP contribution is -2.49. The minimum atomic E-state index is -0.0220. The van der Waals surface area contributed by atoms with Crippen LogP contribution in [0.2, 0.25) is 5.02 Å². The van der Waals surface area contributed by atoms with E-state index < -0.39 is 0 Å². The number of hydrogen-bond donors (Lipinski definition) is 0. The lowest BCUT2D eigenvalue weighted by Gasteiger charge is -2.35. The average Bonchev–Trinajstić information content (AvgIpc) is 2.74. The number of halogens is 1. The van der Waals surface area contributed by atoms with Gasteiger partial charge in [-0.25, -0.2) is 0 Å². The third-order valence-electron chi connectivity index (χ3n) is 5.07. The third-order valence-corrected chi connectivity index (χ3v) is 5.40. The molecule has 142 valence electrons. The quantitative estimate of drug-likeness (QED) is 0.674. The van der Waals surface area contributed by atoms with Crippen molar-refractivity contribution in [2.24, 2.45) is 0 Å². The molecule has 0 bridgehead atoms. The number of carbonyl (C=O) groups excluding carboxylic acids is 1. The van der Waals surface area contributed by atoms with E-state index in [2.05, 4.69) is 34.2 Å². The van der Waals surface area contributed by atoms with E-state index >= 15 is 0 Å². The van der Waals surface area contributed by atoms with E-state index in [9.17, 15) is 4.79 Å². The highest BCUT2D eigenvalue weighted by Crippen LogP contribution is 2.23. The number of anilines is 1. The average molecular weight is 393 g/mol. The van der Waals surface area contributed by atoms with Crippen LogP contribution in [-0.4, -0.2) is 47.2 Å². The molecular weight excluding hydrogens is 372 g/mol. The minimum absolute atomic E-state index is 0.0220. The van der Waals surface area contributed by atoms with E-state index in [4.69, 9.17) is 11.6 Å². The van der Waals surface area contributed by atoms with E-state index in [1.165, 1.54) is 5.56 Å². The highest BCUT2D eigenvalue weighted by molar-refractivity contribution is 6.33. The molecule has 1 amide bonds. The zero-order valence-electron chi connectivity index (χ0n) is 15.7. The van der Waals surface area contributed by atoms with Crippen LogP contribution in [-0.2, 0) is 0 Å². The van der Waals surface area contributed by atoms with Gasteiger partial charge in [-0.15, -0.1) is 10.2 Å². The molecule has 1 aliphatic rings. The predicted octanol–water partition coefficient (Wildman–Crippen LogP) is 4.07. The molecule has 3 aromatic rings. The first-order chi connectivity index (χ1) is 13.6. The van der Waals surface area contributed by atoms with Gasteiger partial charge < -0.3 is 9.80 Å². The molecule has 0 N–H and O–H groups in total. The van der Waals surface area contributed by atoms with Gasteiger partial charge in [0.05, 0.1) is 16.3 Å². The summed E-state index contributed by atoms with van der Waals surface area (Å²) in [6.45, 7) is 4.76. The lowest BCUT2D eigenvalue weighted by molar-refractivity contribution is 0.0746. The Kier molecular flexibility index (Phi) is 5.26. The van der Waals surface area contributed by atoms with Gasteiger partial charge in [-0.1, -0.05) is 48.0 Å². The largest absolute Gasteiger partial charge is 0.352 e. The van der Waals surface area contributed by atoms with Gasteiger partial charge in [0, 0.05) is 31.7 Å². The molecule has 0 spiro atoms. The molecule has 1 aliphatic heterocycles. The Hall–Kier alpha value is -2.92. The summed E-state index contributed by atoms with van der Waals surface area (Å²) in [6, 6.07) is 19.3. The van der Waals surface area contributed by atoms with Gasteiger partial charge >= 0.3 is 0 Å². The second kappa shape index (κ2) is 7.98. The van der Waals surface area contributed by atoms with Crippen LogP contribution >= 0.6 is 11.6 Å². The summed E-state index contributed by atoms with van der Waals surface area (Å²) in [7, 11) is 0. The Balaban J connectivity index is 1.42. The van der Waals surface area contributed by atoms with Gasteiger partial charge in [-0.2, -0.15) is 0 Å². The van der Waals surface area contributed by atoms with Crippen molar-refractivity contribution in [3.05, 3.63) is 76.8 Å². The summed E-state index contributed by atoms with van der Waals surface area (Å²) in [5, 5.41) is 9.32. The summed E-state index contributed by atoms with van der Waals surface area (Å²) in [4.78, 5) is 16.7. The van der Waals surface area contributed by atoms with Crippen molar-refractivity contribution < 1.29 is 4.79 Å². The monoisotopic (exact) mass is 392 g/mol. The van der Waals surface area contributed by atoms with Crippen LogP contribution in [0.15, 0.2) is 60.7 Å². The summed E-state index contributed by atoms with van der Waals surface area (Å²) >= 11 is 6.16. The Morgan fingerprint density at radius 1 is 0.893 bits per heavy atom. The molecule has 0 saturated carbocycles. The maximum absolute atomic E-state index is 12.7. The maximum Gasteiger partial charge on any atom is 0.255 e. The van der Waals surface area contributed by atoms with Crippen molar-refractivity contribution in [3.8, 4) is 11.3 Å². The van der Waals surface area contributed by atoms with Gasteiger partial charge in [0.2, 0.25) is 0 Å². The molecule has 28 heavy (non-hydrogen) atoms. The molecule has 6 heteroatoms. The summed E-state index contributed by atoms with van der Waals surface area (Å²) in [5.41, 5.74) is 3.70. The van der Waals surface area contributed by atoms with E-state index in [0.717, 1.165) is 17.1 Å². The molecule has 1 aromatic heterocycles. The standard InChI is InChI=1S/C22H21ClN4O/c1-16-6-2-3-7-17(16)20-10-11-21(25-24-20)26-12-14-27(15-13-26)22(28)18-8-4-5-9-19(18)23/h2-11H,12-15H2,1H3. The SMILES string of the molecule is Cc1ccccc1-c1ccc(N2CCN(C(=O)c3ccccc3Cl)CC2)nn1. The molecule has 0 radical (unpaired) electrons. The molecule has 0 unspecified atom stereocenters. The molecular formula is C22H21ClN4O. The van der Waals surface area contributed by atoms with Crippen LogP contribution in [0.25, 0.3) is 11.3 Å². The first kappa shape index (κ1) is 18.4. The van der Waals surface area contributed by atoms with Crippen molar-refractivity contribution >= 4 is 23.3 Å². The summed E-state index contributed by atoms with van der Waals surface area (Å²) in [5.74, 6) is 0.813. The molecule has 1 fully saturated rings. The van der Waals surface area contributed by atoms with Gasteiger partial charge in [0.25, 0.3) is 5.91 Å². The molecule has 2 aromatic carbocycles. The van der Waals surface area contributed by atoms with Crippen LogP contribution in [0, 0.1) is 6.92 Å². The molecule has 5 nitrogen and oxygen atoms in total. The van der Waals surface area contributed by atoms with Crippen LogP contribution in [0.4, 0.5) is 5.82 Å². The van der Waals surface area contributed by atoms with Crippen molar-refractivity contribution in [3.63, 3.8) is 0 Å². The van der Waals surface area contributed by atoms with E-state index in [1.54, 1.807) is 12.1 Å². The number of aromatic nitrogens is 2. The summed E-state index contributed by atoms with van der Waals surface area (Å²) in [6.07, 6.45) is 0. The Morgan fingerprint density at radius 3 is 2.29 bits per heavy atom. The zero-order chi connectivity index (χ0) is 19.5. The van der Waals surface area contributed by atoms with E-state index in [-0.39, 0.29) is 5.91 Å². The van der Waals surface area contributed by atoms with Gasteiger partial charge in [0.15, 0.2) is 5.82 Å². The number of aryl methyl sites for hydroxylation is 1. The smallest absolute Gasteiger partial charge is 0.255 e. The zero-order valence-corrected chi connectivity index (χ0v) is 16.4. The topological polar surface area (TPSA) is 49.3 Å². The number of carbonyl (C=O) groups is 1. The highest BCUT2D eigenvalue weighted by Gasteiger charge is 2.24. The number of benzene rings is 2. The van der Waals surface area contributed by atoms with Gasteiger partial charge in [-0.05, 0) is 36.8 Å². The predicted molar refractivity (Wildman–Crippen MR) is 112 cm³/mol. The van der Waals surface area contributed by atoms with Gasteiger partial charge in [-0.3, -0.25) is 4.79 Å². The fraction of sp³-hybridized carbons (Fsp3) is 0.227. The van der Waals surface area contributed by atoms with Crippen molar-refractivity contribution in [1.29, 1.82) is 0 Å². The lowest BCUT2D eigenvalue weighted by atomic mass is 10.1. The molecule has 2 heterocycles. The number of nitrogens with zero attached hydrogens (tertiary/aromatic N) is 4. The van der Waals surface area contributed by atoms with Gasteiger partial charge in [0.1, 0.15) is 0 Å². The number of amides is 1. The van der Waals surface area contributed by atoms with Crippen molar-refractivity contribution in [1.82, 2.24) is 15.1 Å². The maximum atomic E-state index is 12.7. The first-order valence-corrected chi connectivity index (χ1v) is 9.70. The van der Waals surface area contributed by atoms with E-state index in [0.29, 0.717) is 36.8 Å². The Bertz CT molecular complexity index is 982. The van der Waals surface area contributed by atoms with Crippen LogP contribution in [0.5, 0.6) is 0 Å².